The van der Waals surface area contributed by atoms with E-state index >= 15 is 0 Å². The van der Waals surface area contributed by atoms with Crippen LogP contribution in [0.25, 0.3) is 33.4 Å². The number of nitrogens with one attached hydrogen (secondary N) is 1. The third-order valence-corrected chi connectivity index (χ3v) is 6.15. The van der Waals surface area contributed by atoms with Crippen molar-refractivity contribution in [2.24, 2.45) is 0 Å². The minimum atomic E-state index is -1.39. The van der Waals surface area contributed by atoms with E-state index in [1.54, 1.807) is 6.92 Å². The lowest BCUT2D eigenvalue weighted by Crippen LogP contribution is -2.29. The van der Waals surface area contributed by atoms with Crippen LogP contribution in [0.4, 0.5) is 18.9 Å². The van der Waals surface area contributed by atoms with E-state index in [-0.39, 0.29) is 29.3 Å². The second kappa shape index (κ2) is 9.35. The third-order valence-electron chi connectivity index (χ3n) is 6.15. The molecule has 1 N–H and O–H groups in total. The van der Waals surface area contributed by atoms with E-state index in [1.807, 2.05) is 24.3 Å². The first-order chi connectivity index (χ1) is 16.0. The van der Waals surface area contributed by atoms with Gasteiger partial charge in [-0.15, -0.1) is 12.4 Å². The van der Waals surface area contributed by atoms with E-state index in [2.05, 4.69) is 26.2 Å². The molecule has 0 saturated carbocycles. The summed E-state index contributed by atoms with van der Waals surface area (Å²) in [7, 11) is 0. The van der Waals surface area contributed by atoms with E-state index in [1.165, 1.54) is 6.42 Å². The number of H-pyrrole nitrogens is 1. The van der Waals surface area contributed by atoms with Gasteiger partial charge >= 0.3 is 0 Å². The van der Waals surface area contributed by atoms with E-state index in [0.717, 1.165) is 37.7 Å². The molecule has 0 amide bonds. The van der Waals surface area contributed by atoms with Crippen LogP contribution in [0, 0.1) is 35.7 Å². The van der Waals surface area contributed by atoms with Gasteiger partial charge in [-0.3, -0.25) is 5.10 Å². The standard InChI is InChI=1S/C25H20F3N5.ClH/c1-14-20-21(15-5-7-16(8-6-15)33-11-3-2-4-12-33)17(13-29)24(30-25(20)32-31-14)22-18(26)9-10-19(27)23(22)28;/h5-10H,2-4,11-12H2,1H3,(H,30,31,32);1H. The van der Waals surface area contributed by atoms with Gasteiger partial charge in [0, 0.05) is 30.0 Å². The van der Waals surface area contributed by atoms with Gasteiger partial charge in [0.25, 0.3) is 0 Å². The van der Waals surface area contributed by atoms with Crippen molar-refractivity contribution in [2.75, 3.05) is 18.0 Å². The van der Waals surface area contributed by atoms with Crippen molar-refractivity contribution in [3.05, 3.63) is 65.1 Å². The minimum absolute atomic E-state index is 0. The molecule has 0 unspecified atom stereocenters. The van der Waals surface area contributed by atoms with Gasteiger partial charge < -0.3 is 4.90 Å². The number of anilines is 1. The van der Waals surface area contributed by atoms with Gasteiger partial charge in [-0.05, 0) is 56.0 Å². The molecule has 0 atom stereocenters. The van der Waals surface area contributed by atoms with Gasteiger partial charge in [-0.2, -0.15) is 10.4 Å². The molecule has 0 spiro atoms. The Labute approximate surface area is 200 Å². The second-order valence-electron chi connectivity index (χ2n) is 8.18. The first-order valence-electron chi connectivity index (χ1n) is 10.8. The Morgan fingerprint density at radius 2 is 1.62 bits per heavy atom. The molecule has 1 aliphatic heterocycles. The molecule has 5 nitrogen and oxygen atoms in total. The Morgan fingerprint density at radius 3 is 2.29 bits per heavy atom. The summed E-state index contributed by atoms with van der Waals surface area (Å²) in [6, 6.07) is 11.3. The van der Waals surface area contributed by atoms with Gasteiger partial charge in [-0.1, -0.05) is 12.1 Å². The van der Waals surface area contributed by atoms with E-state index < -0.39 is 23.0 Å². The number of pyridine rings is 1. The maximum atomic E-state index is 14.7. The van der Waals surface area contributed by atoms with E-state index in [9.17, 15) is 18.4 Å². The van der Waals surface area contributed by atoms with Crippen molar-refractivity contribution in [3.63, 3.8) is 0 Å². The average Bonchev–Trinajstić information content (AvgIpc) is 3.21. The van der Waals surface area contributed by atoms with Crippen LogP contribution >= 0.6 is 12.4 Å². The summed E-state index contributed by atoms with van der Waals surface area (Å²) >= 11 is 0. The molecule has 2 aromatic heterocycles. The highest BCUT2D eigenvalue weighted by molar-refractivity contribution is 6.01. The van der Waals surface area contributed by atoms with E-state index in [0.29, 0.717) is 28.3 Å². The summed E-state index contributed by atoms with van der Waals surface area (Å²) in [5, 5.41) is 17.6. The quantitative estimate of drug-likeness (QED) is 0.347. The molecule has 9 heteroatoms. The van der Waals surface area contributed by atoms with Gasteiger partial charge in [0.2, 0.25) is 0 Å². The molecular formula is C25H21ClF3N5. The molecule has 1 fully saturated rings. The number of nitriles is 1. The summed E-state index contributed by atoms with van der Waals surface area (Å²) in [5.41, 5.74) is 2.08. The number of hydrogen-bond donors (Lipinski definition) is 1. The van der Waals surface area contributed by atoms with Gasteiger partial charge in [0.05, 0.1) is 22.2 Å². The summed E-state index contributed by atoms with van der Waals surface area (Å²) in [5.74, 6) is -3.62. The normalized spacial score (nSPS) is 13.6. The monoisotopic (exact) mass is 483 g/mol. The molecule has 3 heterocycles. The summed E-state index contributed by atoms with van der Waals surface area (Å²) in [6.07, 6.45) is 3.52. The van der Waals surface area contributed by atoms with Crippen LogP contribution in [0.3, 0.4) is 0 Å². The van der Waals surface area contributed by atoms with Crippen LogP contribution in [-0.2, 0) is 0 Å². The van der Waals surface area contributed by atoms with Crippen LogP contribution in [-0.4, -0.2) is 28.3 Å². The first-order valence-corrected chi connectivity index (χ1v) is 10.8. The number of nitrogens with zero attached hydrogens (tertiary/aromatic N) is 4. The zero-order chi connectivity index (χ0) is 23.1. The molecule has 1 aliphatic rings. The number of benzene rings is 2. The molecule has 4 aromatic rings. The van der Waals surface area contributed by atoms with Gasteiger partial charge in [0.1, 0.15) is 11.9 Å². The number of fused-ring (bicyclic) bond motifs is 1. The van der Waals surface area contributed by atoms with Crippen molar-refractivity contribution < 1.29 is 13.2 Å². The predicted molar refractivity (Wildman–Crippen MR) is 127 cm³/mol. The van der Waals surface area contributed by atoms with Gasteiger partial charge in [-0.25, -0.2) is 18.2 Å². The Morgan fingerprint density at radius 1 is 0.941 bits per heavy atom. The van der Waals surface area contributed by atoms with Crippen molar-refractivity contribution in [1.82, 2.24) is 15.2 Å². The number of aromatic amines is 1. The molecular weight excluding hydrogens is 463 g/mol. The van der Waals surface area contributed by atoms with Crippen molar-refractivity contribution in [3.8, 4) is 28.5 Å². The minimum Gasteiger partial charge on any atom is -0.372 e. The van der Waals surface area contributed by atoms with Crippen LogP contribution in [0.1, 0.15) is 30.5 Å². The maximum absolute atomic E-state index is 14.7. The fourth-order valence-corrected chi connectivity index (χ4v) is 4.52. The van der Waals surface area contributed by atoms with Crippen LogP contribution in [0.15, 0.2) is 36.4 Å². The van der Waals surface area contributed by atoms with Crippen LogP contribution in [0.5, 0.6) is 0 Å². The highest BCUT2D eigenvalue weighted by Gasteiger charge is 2.26. The number of halogens is 4. The number of aromatic nitrogens is 3. The Kier molecular flexibility index (Phi) is 6.49. The molecule has 0 radical (unpaired) electrons. The van der Waals surface area contributed by atoms with Crippen molar-refractivity contribution >= 4 is 29.1 Å². The predicted octanol–water partition coefficient (Wildman–Crippen LogP) is 6.30. The maximum Gasteiger partial charge on any atom is 0.182 e. The topological polar surface area (TPSA) is 68.6 Å². The fourth-order valence-electron chi connectivity index (χ4n) is 4.52. The highest BCUT2D eigenvalue weighted by Crippen LogP contribution is 2.39. The van der Waals surface area contributed by atoms with E-state index in [4.69, 9.17) is 0 Å². The first kappa shape index (κ1) is 23.6. The van der Waals surface area contributed by atoms with Crippen LogP contribution < -0.4 is 4.90 Å². The molecule has 1 saturated heterocycles. The number of aryl methyl sites for hydroxylation is 1. The fraction of sp³-hybridized carbons (Fsp3) is 0.240. The Hall–Kier alpha value is -3.57. The Balaban J connectivity index is 0.00000274. The molecule has 0 bridgehead atoms. The third kappa shape index (κ3) is 3.86. The average molecular weight is 484 g/mol. The largest absolute Gasteiger partial charge is 0.372 e. The lowest BCUT2D eigenvalue weighted by molar-refractivity contribution is 0.498. The molecule has 34 heavy (non-hydrogen) atoms. The zero-order valence-corrected chi connectivity index (χ0v) is 19.1. The number of hydrogen-bond acceptors (Lipinski definition) is 4. The lowest BCUT2D eigenvalue weighted by Gasteiger charge is -2.29. The molecule has 174 valence electrons. The number of rotatable bonds is 3. The SMILES string of the molecule is Cc1[nH]nc2nc(-c3c(F)ccc(F)c3F)c(C#N)c(-c3ccc(N4CCCCC4)cc3)c12.Cl. The highest BCUT2D eigenvalue weighted by atomic mass is 35.5. The van der Waals surface area contributed by atoms with Crippen molar-refractivity contribution in [2.45, 2.75) is 26.2 Å². The summed E-state index contributed by atoms with van der Waals surface area (Å²) in [4.78, 5) is 6.57. The Bertz CT molecular complexity index is 1400. The molecule has 0 aliphatic carbocycles. The lowest BCUT2D eigenvalue weighted by atomic mass is 9.92. The summed E-state index contributed by atoms with van der Waals surface area (Å²) in [6.45, 7) is 3.77. The second-order valence-corrected chi connectivity index (χ2v) is 8.18. The smallest absolute Gasteiger partial charge is 0.182 e. The number of piperidine rings is 1. The molecule has 2 aromatic carbocycles. The summed E-state index contributed by atoms with van der Waals surface area (Å²) < 4.78 is 43.3. The van der Waals surface area contributed by atoms with Crippen molar-refractivity contribution in [1.29, 1.82) is 5.26 Å². The van der Waals surface area contributed by atoms with Crippen LogP contribution in [0.2, 0.25) is 0 Å². The molecule has 5 rings (SSSR count). The zero-order valence-electron chi connectivity index (χ0n) is 18.3. The van der Waals surface area contributed by atoms with Gasteiger partial charge in [0.15, 0.2) is 17.3 Å².